The summed E-state index contributed by atoms with van der Waals surface area (Å²) in [7, 11) is 0. The van der Waals surface area contributed by atoms with Crippen LogP contribution in [0.5, 0.6) is 5.75 Å². The number of rotatable bonds is 5. The fraction of sp³-hybridized carbons (Fsp3) is 0.235. The summed E-state index contributed by atoms with van der Waals surface area (Å²) in [6.45, 7) is 4.80. The quantitative estimate of drug-likeness (QED) is 0.813. The van der Waals surface area contributed by atoms with E-state index in [1.807, 2.05) is 0 Å². The third-order valence-electron chi connectivity index (χ3n) is 3.25. The third kappa shape index (κ3) is 4.19. The van der Waals surface area contributed by atoms with Crippen molar-refractivity contribution in [2.75, 3.05) is 0 Å². The lowest BCUT2D eigenvalue weighted by molar-refractivity contribution is 0.305. The summed E-state index contributed by atoms with van der Waals surface area (Å²) in [4.78, 5) is 0.303. The van der Waals surface area contributed by atoms with E-state index < -0.39 is 0 Å². The van der Waals surface area contributed by atoms with Crippen LogP contribution in [0.15, 0.2) is 42.5 Å². The van der Waals surface area contributed by atoms with Crippen LogP contribution in [0, 0.1) is 0 Å². The second-order valence-electron chi connectivity index (χ2n) is 5.19. The van der Waals surface area contributed by atoms with E-state index in [9.17, 15) is 0 Å². The molecule has 0 aliphatic heterocycles. The average molecular weight is 320 g/mol. The fourth-order valence-corrected chi connectivity index (χ4v) is 2.31. The number of benzene rings is 2. The highest BCUT2D eigenvalue weighted by Gasteiger charge is 2.08. The van der Waals surface area contributed by atoms with Crippen LogP contribution >= 0.6 is 23.8 Å². The number of ether oxygens (including phenoxy) is 1. The summed E-state index contributed by atoms with van der Waals surface area (Å²) in [5.41, 5.74) is 8.80. The zero-order chi connectivity index (χ0) is 15.4. The van der Waals surface area contributed by atoms with Crippen molar-refractivity contribution in [3.05, 3.63) is 64.2 Å². The molecule has 0 saturated heterocycles. The van der Waals surface area contributed by atoms with E-state index in [2.05, 4.69) is 38.1 Å². The number of hydrogen-bond donors (Lipinski definition) is 1. The molecule has 0 spiro atoms. The zero-order valence-electron chi connectivity index (χ0n) is 12.1. The van der Waals surface area contributed by atoms with Crippen molar-refractivity contribution in [3.8, 4) is 5.75 Å². The van der Waals surface area contributed by atoms with Crippen LogP contribution in [0.4, 0.5) is 0 Å². The van der Waals surface area contributed by atoms with Crippen LogP contribution in [0.2, 0.25) is 5.02 Å². The maximum absolute atomic E-state index is 5.99. The summed E-state index contributed by atoms with van der Waals surface area (Å²) in [5.74, 6) is 1.14. The molecule has 0 aliphatic rings. The van der Waals surface area contributed by atoms with Crippen molar-refractivity contribution in [2.45, 2.75) is 26.4 Å². The zero-order valence-corrected chi connectivity index (χ0v) is 13.7. The van der Waals surface area contributed by atoms with E-state index in [-0.39, 0.29) is 0 Å². The summed E-state index contributed by atoms with van der Waals surface area (Å²) in [6, 6.07) is 13.6. The van der Waals surface area contributed by atoms with Gasteiger partial charge >= 0.3 is 0 Å². The number of halogens is 1. The molecule has 2 N–H and O–H groups in total. The molecule has 0 amide bonds. The number of thiocarbonyl (C=S) groups is 1. The van der Waals surface area contributed by atoms with Gasteiger partial charge in [0.1, 0.15) is 17.3 Å². The molecular formula is C17H18ClNOS. The minimum atomic E-state index is 0.303. The first kappa shape index (κ1) is 15.8. The van der Waals surface area contributed by atoms with Crippen molar-refractivity contribution < 1.29 is 4.74 Å². The van der Waals surface area contributed by atoms with Gasteiger partial charge in [-0.25, -0.2) is 0 Å². The van der Waals surface area contributed by atoms with Crippen LogP contribution in [0.3, 0.4) is 0 Å². The molecule has 0 fully saturated rings. The fourth-order valence-electron chi connectivity index (χ4n) is 1.98. The predicted molar refractivity (Wildman–Crippen MR) is 92.2 cm³/mol. The van der Waals surface area contributed by atoms with Gasteiger partial charge in [0, 0.05) is 5.02 Å². The van der Waals surface area contributed by atoms with Crippen molar-refractivity contribution in [3.63, 3.8) is 0 Å². The van der Waals surface area contributed by atoms with Gasteiger partial charge in [-0.15, -0.1) is 0 Å². The maximum atomic E-state index is 5.99. The van der Waals surface area contributed by atoms with Gasteiger partial charge in [-0.05, 0) is 35.2 Å². The van der Waals surface area contributed by atoms with E-state index in [4.69, 9.17) is 34.3 Å². The van der Waals surface area contributed by atoms with E-state index >= 15 is 0 Å². The van der Waals surface area contributed by atoms with E-state index in [1.54, 1.807) is 18.2 Å². The van der Waals surface area contributed by atoms with Crippen LogP contribution < -0.4 is 10.5 Å². The molecule has 0 atom stereocenters. The monoisotopic (exact) mass is 319 g/mol. The van der Waals surface area contributed by atoms with Crippen LogP contribution in [-0.2, 0) is 6.61 Å². The summed E-state index contributed by atoms with van der Waals surface area (Å²) < 4.78 is 5.81. The van der Waals surface area contributed by atoms with Crippen molar-refractivity contribution in [2.24, 2.45) is 5.73 Å². The summed E-state index contributed by atoms with van der Waals surface area (Å²) >= 11 is 11.0. The van der Waals surface area contributed by atoms with E-state index in [1.165, 1.54) is 5.56 Å². The first-order chi connectivity index (χ1) is 9.97. The van der Waals surface area contributed by atoms with Gasteiger partial charge in [-0.1, -0.05) is 61.9 Å². The highest BCUT2D eigenvalue weighted by atomic mass is 35.5. The first-order valence-corrected chi connectivity index (χ1v) is 7.57. The van der Waals surface area contributed by atoms with E-state index in [0.717, 1.165) is 5.56 Å². The number of nitrogens with two attached hydrogens (primary N) is 1. The van der Waals surface area contributed by atoms with Gasteiger partial charge < -0.3 is 10.5 Å². The number of hydrogen-bond acceptors (Lipinski definition) is 2. The lowest BCUT2D eigenvalue weighted by Gasteiger charge is -2.12. The van der Waals surface area contributed by atoms with Gasteiger partial charge in [-0.3, -0.25) is 0 Å². The van der Waals surface area contributed by atoms with Gasteiger partial charge in [0.2, 0.25) is 0 Å². The van der Waals surface area contributed by atoms with Gasteiger partial charge in [-0.2, -0.15) is 0 Å². The normalized spacial score (nSPS) is 10.7. The molecule has 4 heteroatoms. The molecule has 0 saturated carbocycles. The van der Waals surface area contributed by atoms with Gasteiger partial charge in [0.05, 0.1) is 5.56 Å². The highest BCUT2D eigenvalue weighted by molar-refractivity contribution is 7.80. The second kappa shape index (κ2) is 6.92. The van der Waals surface area contributed by atoms with E-state index in [0.29, 0.717) is 33.8 Å². The summed E-state index contributed by atoms with van der Waals surface area (Å²) in [5, 5.41) is 0.597. The molecule has 2 aromatic carbocycles. The largest absolute Gasteiger partial charge is 0.488 e. The molecule has 2 aromatic rings. The molecule has 0 bridgehead atoms. The minimum Gasteiger partial charge on any atom is -0.488 e. The Morgan fingerprint density at radius 1 is 1.19 bits per heavy atom. The van der Waals surface area contributed by atoms with Gasteiger partial charge in [0.15, 0.2) is 0 Å². The average Bonchev–Trinajstić information content (AvgIpc) is 2.45. The molecule has 0 aromatic heterocycles. The first-order valence-electron chi connectivity index (χ1n) is 6.78. The molecular weight excluding hydrogens is 302 g/mol. The maximum Gasteiger partial charge on any atom is 0.131 e. The third-order valence-corrected chi connectivity index (χ3v) is 3.70. The van der Waals surface area contributed by atoms with Crippen LogP contribution in [-0.4, -0.2) is 4.99 Å². The smallest absolute Gasteiger partial charge is 0.131 e. The second-order valence-corrected chi connectivity index (χ2v) is 6.07. The molecule has 0 aliphatic carbocycles. The Balaban J connectivity index is 2.12. The minimum absolute atomic E-state index is 0.303. The Morgan fingerprint density at radius 2 is 1.86 bits per heavy atom. The lowest BCUT2D eigenvalue weighted by atomic mass is 10.0. The van der Waals surface area contributed by atoms with Crippen LogP contribution in [0.1, 0.15) is 36.5 Å². The molecule has 21 heavy (non-hydrogen) atoms. The molecule has 2 nitrogen and oxygen atoms in total. The van der Waals surface area contributed by atoms with Crippen molar-refractivity contribution in [1.82, 2.24) is 0 Å². The van der Waals surface area contributed by atoms with Crippen molar-refractivity contribution >= 4 is 28.8 Å². The van der Waals surface area contributed by atoms with Crippen LogP contribution in [0.25, 0.3) is 0 Å². The Hall–Kier alpha value is -1.58. The standard InChI is InChI=1S/C17H18ClNOS/c1-11(2)13-5-3-12(4-6-13)10-20-16-9-14(18)7-8-15(16)17(19)21/h3-9,11H,10H2,1-2H3,(H2,19,21). The Morgan fingerprint density at radius 3 is 2.43 bits per heavy atom. The molecule has 0 radical (unpaired) electrons. The SMILES string of the molecule is CC(C)c1ccc(COc2cc(Cl)ccc2C(N)=S)cc1. The summed E-state index contributed by atoms with van der Waals surface area (Å²) in [6.07, 6.45) is 0. The Labute approximate surface area is 135 Å². The Kier molecular flexibility index (Phi) is 5.21. The van der Waals surface area contributed by atoms with Crippen molar-refractivity contribution in [1.29, 1.82) is 0 Å². The highest BCUT2D eigenvalue weighted by Crippen LogP contribution is 2.24. The van der Waals surface area contributed by atoms with Gasteiger partial charge in [0.25, 0.3) is 0 Å². The lowest BCUT2D eigenvalue weighted by Crippen LogP contribution is -2.11. The molecule has 0 heterocycles. The molecule has 0 unspecified atom stereocenters. The Bertz CT molecular complexity index is 638. The predicted octanol–water partition coefficient (Wildman–Crippen LogP) is 4.68. The topological polar surface area (TPSA) is 35.2 Å². The molecule has 2 rings (SSSR count). The molecule has 110 valence electrons.